The number of carbonyl (C=O) groups is 4. The van der Waals surface area contributed by atoms with Crippen molar-refractivity contribution in [1.82, 2.24) is 4.90 Å². The summed E-state index contributed by atoms with van der Waals surface area (Å²) < 4.78 is 0. The fourth-order valence-electron chi connectivity index (χ4n) is 7.80. The van der Waals surface area contributed by atoms with Crippen molar-refractivity contribution in [3.63, 3.8) is 0 Å². The van der Waals surface area contributed by atoms with E-state index in [1.165, 1.54) is 0 Å². The van der Waals surface area contributed by atoms with Gasteiger partial charge in [-0.2, -0.15) is 0 Å². The molecule has 3 amide bonds. The number of nitrogens with one attached hydrogen (secondary N) is 1. The van der Waals surface area contributed by atoms with E-state index in [2.05, 4.69) is 5.32 Å². The van der Waals surface area contributed by atoms with Gasteiger partial charge in [0.15, 0.2) is 5.78 Å². The fraction of sp³-hybridized carbons (Fsp3) is 0.448. The summed E-state index contributed by atoms with van der Waals surface area (Å²) >= 11 is 0. The molecule has 0 radical (unpaired) electrons. The Morgan fingerprint density at radius 2 is 1.37 bits per heavy atom. The third-order valence-electron chi connectivity index (χ3n) is 9.41. The van der Waals surface area contributed by atoms with E-state index < -0.39 is 0 Å². The maximum absolute atomic E-state index is 13.2. The number of anilines is 1. The van der Waals surface area contributed by atoms with Crippen LogP contribution >= 0.6 is 0 Å². The molecule has 5 aliphatic rings. The molecule has 35 heavy (non-hydrogen) atoms. The summed E-state index contributed by atoms with van der Waals surface area (Å²) in [4.78, 5) is 54.1. The van der Waals surface area contributed by atoms with E-state index >= 15 is 0 Å². The second-order valence-electron chi connectivity index (χ2n) is 11.0. The van der Waals surface area contributed by atoms with Crippen molar-refractivity contribution in [2.75, 3.05) is 5.32 Å². The van der Waals surface area contributed by atoms with Crippen molar-refractivity contribution >= 4 is 29.2 Å². The Morgan fingerprint density at radius 1 is 0.743 bits per heavy atom. The summed E-state index contributed by atoms with van der Waals surface area (Å²) in [6, 6.07) is 13.0. The van der Waals surface area contributed by atoms with Crippen molar-refractivity contribution in [2.45, 2.75) is 51.0 Å². The van der Waals surface area contributed by atoms with Gasteiger partial charge in [0.25, 0.3) is 0 Å². The molecule has 1 N–H and O–H groups in total. The molecule has 1 saturated heterocycles. The zero-order valence-corrected chi connectivity index (χ0v) is 19.5. The van der Waals surface area contributed by atoms with E-state index in [-0.39, 0.29) is 47.3 Å². The van der Waals surface area contributed by atoms with Crippen LogP contribution in [0.4, 0.5) is 5.69 Å². The lowest BCUT2D eigenvalue weighted by Crippen LogP contribution is -2.44. The minimum Gasteiger partial charge on any atom is -0.325 e. The third-order valence-corrected chi connectivity index (χ3v) is 9.41. The summed E-state index contributed by atoms with van der Waals surface area (Å²) in [5.74, 6) is 0.411. The number of rotatable bonds is 3. The van der Waals surface area contributed by atoms with Gasteiger partial charge >= 0.3 is 0 Å². The van der Waals surface area contributed by atoms with Crippen LogP contribution in [0.5, 0.6) is 0 Å². The van der Waals surface area contributed by atoms with Crippen molar-refractivity contribution < 1.29 is 19.2 Å². The van der Waals surface area contributed by atoms with Gasteiger partial charge in [-0.15, -0.1) is 0 Å². The van der Waals surface area contributed by atoms with Crippen molar-refractivity contribution in [2.24, 2.45) is 29.6 Å². The topological polar surface area (TPSA) is 83.6 Å². The van der Waals surface area contributed by atoms with E-state index in [1.54, 1.807) is 11.0 Å². The van der Waals surface area contributed by atoms with Gasteiger partial charge in [-0.05, 0) is 74.0 Å². The number of hydrogen-bond acceptors (Lipinski definition) is 4. The zero-order chi connectivity index (χ0) is 23.8. The molecule has 4 aliphatic carbocycles. The average Bonchev–Trinajstić information content (AvgIpc) is 3.62. The first kappa shape index (κ1) is 21.0. The number of benzene rings is 2. The molecule has 1 aliphatic heterocycles. The number of ketones is 1. The Bertz CT molecular complexity index is 1260. The molecule has 2 bridgehead atoms. The summed E-state index contributed by atoms with van der Waals surface area (Å²) in [5, 5.41) is 3.02. The Morgan fingerprint density at radius 3 is 2.06 bits per heavy atom. The lowest BCUT2D eigenvalue weighted by molar-refractivity contribution is -0.144. The summed E-state index contributed by atoms with van der Waals surface area (Å²) in [6.07, 6.45) is 5.83. The largest absolute Gasteiger partial charge is 0.325 e. The predicted molar refractivity (Wildman–Crippen MR) is 129 cm³/mol. The zero-order valence-electron chi connectivity index (χ0n) is 19.5. The van der Waals surface area contributed by atoms with Gasteiger partial charge in [0.1, 0.15) is 0 Å². The van der Waals surface area contributed by atoms with E-state index in [9.17, 15) is 19.2 Å². The second kappa shape index (κ2) is 7.61. The summed E-state index contributed by atoms with van der Waals surface area (Å²) in [7, 11) is 0. The third kappa shape index (κ3) is 2.95. The highest BCUT2D eigenvalue weighted by molar-refractivity contribution is 6.25. The number of amides is 3. The molecule has 4 atom stereocenters. The minimum absolute atomic E-state index is 0.0537. The van der Waals surface area contributed by atoms with Crippen molar-refractivity contribution in [1.29, 1.82) is 0 Å². The standard InChI is InChI=1S/C29H28N2O4/c32-26-21-5-2-1-4-19(21)20-6-3-7-22(25(20)26)30-27(33)15-10-12-18(13-11-15)31-28(34)23-16-8-9-17(14-16)24(23)29(31)35/h1-7,15-18,23-24H,8-14H2,(H,30,33)/t15?,16-,17+,18?,23-,24+. The highest BCUT2D eigenvalue weighted by atomic mass is 16.2. The molecule has 6 heteroatoms. The minimum atomic E-state index is -0.190. The van der Waals surface area contributed by atoms with Crippen LogP contribution in [-0.2, 0) is 14.4 Å². The van der Waals surface area contributed by atoms with E-state index in [1.807, 2.05) is 36.4 Å². The number of carbonyl (C=O) groups excluding carboxylic acids is 4. The number of fused-ring (bicyclic) bond motifs is 8. The van der Waals surface area contributed by atoms with Crippen LogP contribution in [0.3, 0.4) is 0 Å². The fourth-order valence-corrected chi connectivity index (χ4v) is 7.80. The smallest absolute Gasteiger partial charge is 0.233 e. The first-order valence-corrected chi connectivity index (χ1v) is 13.0. The van der Waals surface area contributed by atoms with Crippen LogP contribution in [0.25, 0.3) is 11.1 Å². The first-order chi connectivity index (χ1) is 17.0. The van der Waals surface area contributed by atoms with Gasteiger partial charge in [0.05, 0.1) is 23.1 Å². The van der Waals surface area contributed by atoms with Gasteiger partial charge in [-0.1, -0.05) is 36.4 Å². The highest BCUT2D eigenvalue weighted by Crippen LogP contribution is 2.56. The number of imide groups is 1. The quantitative estimate of drug-likeness (QED) is 0.577. The average molecular weight is 469 g/mol. The van der Waals surface area contributed by atoms with Crippen molar-refractivity contribution in [3.8, 4) is 11.1 Å². The summed E-state index contributed by atoms with van der Waals surface area (Å²) in [5.41, 5.74) is 3.55. The Labute approximate surface area is 204 Å². The van der Waals surface area contributed by atoms with Crippen LogP contribution in [0, 0.1) is 29.6 Å². The molecular weight excluding hydrogens is 440 g/mol. The molecule has 3 saturated carbocycles. The van der Waals surface area contributed by atoms with Gasteiger partial charge in [0, 0.05) is 17.5 Å². The number of likely N-dealkylation sites (tertiary alicyclic amines) is 1. The maximum Gasteiger partial charge on any atom is 0.233 e. The van der Waals surface area contributed by atoms with E-state index in [0.29, 0.717) is 54.3 Å². The highest BCUT2D eigenvalue weighted by Gasteiger charge is 2.61. The van der Waals surface area contributed by atoms with Gasteiger partial charge in [0.2, 0.25) is 17.7 Å². The summed E-state index contributed by atoms with van der Waals surface area (Å²) in [6.45, 7) is 0. The van der Waals surface area contributed by atoms with Crippen LogP contribution in [-0.4, -0.2) is 34.4 Å². The number of nitrogens with zero attached hydrogens (tertiary/aromatic N) is 1. The predicted octanol–water partition coefficient (Wildman–Crippen LogP) is 4.43. The number of hydrogen-bond donors (Lipinski definition) is 1. The SMILES string of the molecule is O=C1c2ccccc2-c2cccc(NC(=O)C3CCC(N4C(=O)[C@@H]5[C@@H]6CC[C@@H](C6)[C@@H]5C4=O)CC3)c21. The molecular formula is C29H28N2O4. The van der Waals surface area contributed by atoms with Crippen molar-refractivity contribution in [3.05, 3.63) is 53.6 Å². The van der Waals surface area contributed by atoms with Crippen LogP contribution in [0.15, 0.2) is 42.5 Å². The molecule has 4 fully saturated rings. The lowest BCUT2D eigenvalue weighted by Gasteiger charge is -2.33. The Hall–Kier alpha value is -3.28. The second-order valence-corrected chi connectivity index (χ2v) is 11.0. The Kier molecular flexibility index (Phi) is 4.57. The molecule has 0 spiro atoms. The molecule has 178 valence electrons. The molecule has 6 nitrogen and oxygen atoms in total. The molecule has 0 unspecified atom stereocenters. The molecule has 2 aromatic rings. The molecule has 2 aromatic carbocycles. The lowest BCUT2D eigenvalue weighted by atomic mass is 9.81. The van der Waals surface area contributed by atoms with Crippen LogP contribution in [0.2, 0.25) is 0 Å². The van der Waals surface area contributed by atoms with E-state index in [0.717, 1.165) is 30.4 Å². The first-order valence-electron chi connectivity index (χ1n) is 13.0. The molecule has 7 rings (SSSR count). The van der Waals surface area contributed by atoms with E-state index in [4.69, 9.17) is 0 Å². The maximum atomic E-state index is 13.2. The molecule has 0 aromatic heterocycles. The normalized spacial score (nSPS) is 32.6. The van der Waals surface area contributed by atoms with Crippen LogP contribution in [0.1, 0.15) is 60.9 Å². The van der Waals surface area contributed by atoms with Crippen LogP contribution < -0.4 is 5.32 Å². The monoisotopic (exact) mass is 468 g/mol. The van der Waals surface area contributed by atoms with Gasteiger partial charge < -0.3 is 5.32 Å². The Balaban J connectivity index is 1.04. The molecule has 1 heterocycles. The van der Waals surface area contributed by atoms with Gasteiger partial charge in [-0.3, -0.25) is 24.1 Å². The van der Waals surface area contributed by atoms with Gasteiger partial charge in [-0.25, -0.2) is 0 Å².